The van der Waals surface area contributed by atoms with Crippen molar-refractivity contribution in [3.63, 3.8) is 0 Å². The van der Waals surface area contributed by atoms with Crippen molar-refractivity contribution in [2.45, 2.75) is 13.3 Å². The van der Waals surface area contributed by atoms with Crippen molar-refractivity contribution in [1.29, 1.82) is 0 Å². The van der Waals surface area contributed by atoms with E-state index < -0.39 is 7.18 Å². The van der Waals surface area contributed by atoms with E-state index in [0.29, 0.717) is 12.1 Å². The van der Waals surface area contributed by atoms with Crippen molar-refractivity contribution >= 4 is 7.18 Å². The van der Waals surface area contributed by atoms with Gasteiger partial charge < -0.3 is 17.7 Å². The van der Waals surface area contributed by atoms with Crippen LogP contribution in [-0.2, 0) is 6.42 Å². The van der Waals surface area contributed by atoms with Gasteiger partial charge in [0, 0.05) is 18.6 Å². The molecule has 0 unspecified atom stereocenters. The van der Waals surface area contributed by atoms with E-state index in [0.717, 1.165) is 4.73 Å². The average molecular weight is 191 g/mol. The first kappa shape index (κ1) is 9.89. The fourth-order valence-electron chi connectivity index (χ4n) is 0.969. The van der Waals surface area contributed by atoms with Gasteiger partial charge in [-0.05, 0) is 10.8 Å². The number of nitrogens with zero attached hydrogens (tertiary/aromatic N) is 1. The Kier molecular flexibility index (Phi) is 2.80. The van der Waals surface area contributed by atoms with E-state index in [1.165, 1.54) is 12.3 Å². The van der Waals surface area contributed by atoms with Gasteiger partial charge in [-0.2, -0.15) is 0 Å². The molecule has 1 heterocycles. The predicted octanol–water partition coefficient (Wildman–Crippen LogP) is 1.31. The molecular weight excluding hydrogens is 182 g/mol. The second-order valence-electron chi connectivity index (χ2n) is 2.49. The molecule has 0 aliphatic rings. The summed E-state index contributed by atoms with van der Waals surface area (Å²) in [5.41, 5.74) is 0.488. The largest absolute Gasteiger partial charge is 0.752 e. The minimum atomic E-state index is -5.25. The van der Waals surface area contributed by atoms with Gasteiger partial charge in [0.25, 0.3) is 0 Å². The van der Waals surface area contributed by atoms with Crippen LogP contribution in [0.3, 0.4) is 0 Å². The summed E-state index contributed by atoms with van der Waals surface area (Å²) in [6.07, 6.45) is 1.74. The molecule has 0 saturated carbocycles. The Bertz CT molecular complexity index is 289. The van der Waals surface area contributed by atoms with Crippen molar-refractivity contribution in [3.8, 4) is 0 Å². The fraction of sp³-hybridized carbons (Fsp3) is 0.286. The van der Waals surface area contributed by atoms with Crippen LogP contribution in [-0.4, -0.2) is 7.18 Å². The summed E-state index contributed by atoms with van der Waals surface area (Å²) in [7, 11) is -5.25. The van der Waals surface area contributed by atoms with E-state index in [-0.39, 0.29) is 0 Å². The number of hydrogen-bond donors (Lipinski definition) is 0. The number of rotatable bonds is 3. The number of aromatic nitrogens is 1. The van der Waals surface area contributed by atoms with E-state index in [4.69, 9.17) is 0 Å². The quantitative estimate of drug-likeness (QED) is 0.518. The molecule has 0 spiro atoms. The normalized spacial score (nSPS) is 11.4. The van der Waals surface area contributed by atoms with Gasteiger partial charge in [-0.1, -0.05) is 6.92 Å². The lowest BCUT2D eigenvalue weighted by Crippen LogP contribution is -2.54. The maximum Gasteiger partial charge on any atom is 0.752 e. The monoisotopic (exact) mass is 191 g/mol. The Labute approximate surface area is 74.0 Å². The third kappa shape index (κ3) is 2.97. The average Bonchev–Trinajstić information content (AvgIpc) is 2.02. The van der Waals surface area contributed by atoms with Crippen molar-refractivity contribution in [2.24, 2.45) is 0 Å². The highest BCUT2D eigenvalue weighted by Gasteiger charge is 2.34. The summed E-state index contributed by atoms with van der Waals surface area (Å²) >= 11 is 0. The third-order valence-electron chi connectivity index (χ3n) is 1.50. The second-order valence-corrected chi connectivity index (χ2v) is 2.49. The summed E-state index contributed by atoms with van der Waals surface area (Å²) < 4.78 is 40.2. The topological polar surface area (TPSA) is 13.1 Å². The molecule has 1 rings (SSSR count). The van der Waals surface area contributed by atoms with Crippen LogP contribution in [0.2, 0.25) is 0 Å². The van der Waals surface area contributed by atoms with E-state index >= 15 is 0 Å². The highest BCUT2D eigenvalue weighted by Crippen LogP contribution is 2.03. The standard InChI is InChI=1S/C7H9BF3NO/c1-2-7-5-3-4-6-12(7)13-8(9,10)11/h3-6H,2H2,1H3. The summed E-state index contributed by atoms with van der Waals surface area (Å²) in [6, 6.07) is 4.74. The molecule has 1 aromatic heterocycles. The molecule has 0 aromatic carbocycles. The second kappa shape index (κ2) is 3.68. The third-order valence-corrected chi connectivity index (χ3v) is 1.50. The maximum atomic E-state index is 11.9. The van der Waals surface area contributed by atoms with Crippen molar-refractivity contribution in [1.82, 2.24) is 0 Å². The van der Waals surface area contributed by atoms with Crippen LogP contribution >= 0.6 is 0 Å². The van der Waals surface area contributed by atoms with Crippen LogP contribution in [0.15, 0.2) is 24.4 Å². The number of pyridine rings is 1. The van der Waals surface area contributed by atoms with E-state index in [2.05, 4.69) is 4.76 Å². The Morgan fingerprint density at radius 1 is 1.38 bits per heavy atom. The van der Waals surface area contributed by atoms with Gasteiger partial charge in [-0.25, -0.2) is 0 Å². The van der Waals surface area contributed by atoms with Gasteiger partial charge in [0.05, 0.1) is 0 Å². The lowest BCUT2D eigenvalue weighted by atomic mass is 10.3. The molecule has 6 heteroatoms. The minimum Gasteiger partial charge on any atom is -0.407 e. The SMILES string of the molecule is CCc1cccc[n+]1O[B-](F)(F)F. The molecule has 0 N–H and O–H groups in total. The molecule has 13 heavy (non-hydrogen) atoms. The zero-order valence-corrected chi connectivity index (χ0v) is 7.08. The Balaban J connectivity index is 2.87. The van der Waals surface area contributed by atoms with E-state index in [1.54, 1.807) is 19.1 Å². The molecule has 0 radical (unpaired) electrons. The molecule has 0 amide bonds. The van der Waals surface area contributed by atoms with Crippen molar-refractivity contribution in [3.05, 3.63) is 30.1 Å². The highest BCUT2D eigenvalue weighted by atomic mass is 19.4. The zero-order chi connectivity index (χ0) is 9.90. The molecule has 0 aliphatic carbocycles. The lowest BCUT2D eigenvalue weighted by Gasteiger charge is -2.11. The first-order valence-corrected chi connectivity index (χ1v) is 3.90. The van der Waals surface area contributed by atoms with Crippen molar-refractivity contribution in [2.75, 3.05) is 0 Å². The summed E-state index contributed by atoms with van der Waals surface area (Å²) in [5, 5.41) is 0. The van der Waals surface area contributed by atoms with Gasteiger partial charge in [-0.3, -0.25) is 0 Å². The Morgan fingerprint density at radius 2 is 2.08 bits per heavy atom. The Morgan fingerprint density at radius 3 is 2.62 bits per heavy atom. The molecule has 0 saturated heterocycles. The molecule has 0 atom stereocenters. The highest BCUT2D eigenvalue weighted by molar-refractivity contribution is 6.50. The van der Waals surface area contributed by atoms with Gasteiger partial charge in [0.15, 0.2) is 0 Å². The van der Waals surface area contributed by atoms with Crippen LogP contribution in [0.5, 0.6) is 0 Å². The lowest BCUT2D eigenvalue weighted by molar-refractivity contribution is -0.873. The maximum absolute atomic E-state index is 11.9. The molecule has 0 fully saturated rings. The molecule has 1 aromatic rings. The molecule has 72 valence electrons. The van der Waals surface area contributed by atoms with Crippen LogP contribution in [0, 0.1) is 0 Å². The van der Waals surface area contributed by atoms with E-state index in [1.807, 2.05) is 0 Å². The summed E-state index contributed by atoms with van der Waals surface area (Å²) in [6.45, 7) is 1.76. The molecule has 0 aliphatic heterocycles. The fourth-order valence-corrected chi connectivity index (χ4v) is 0.969. The summed E-state index contributed by atoms with van der Waals surface area (Å²) in [4.78, 5) is 0. The molecule has 2 nitrogen and oxygen atoms in total. The number of halogens is 3. The minimum absolute atomic E-state index is 0.488. The first-order chi connectivity index (χ1) is 6.03. The van der Waals surface area contributed by atoms with Crippen LogP contribution in [0.1, 0.15) is 12.6 Å². The number of hydrogen-bond acceptors (Lipinski definition) is 1. The van der Waals surface area contributed by atoms with Gasteiger partial charge in [0.1, 0.15) is 0 Å². The van der Waals surface area contributed by atoms with Gasteiger partial charge >= 0.3 is 7.18 Å². The first-order valence-electron chi connectivity index (χ1n) is 3.90. The van der Waals surface area contributed by atoms with Gasteiger partial charge in [0.2, 0.25) is 11.9 Å². The number of aryl methyl sites for hydroxylation is 1. The van der Waals surface area contributed by atoms with Crippen molar-refractivity contribution < 1.29 is 22.4 Å². The van der Waals surface area contributed by atoms with Gasteiger partial charge in [-0.15, -0.1) is 0 Å². The summed E-state index contributed by atoms with van der Waals surface area (Å²) in [5.74, 6) is 0. The van der Waals surface area contributed by atoms with Crippen LogP contribution in [0.25, 0.3) is 0 Å². The Hall–Kier alpha value is -1.20. The smallest absolute Gasteiger partial charge is 0.407 e. The molecular formula is C7H9BF3NO. The van der Waals surface area contributed by atoms with Crippen LogP contribution < -0.4 is 9.49 Å². The van der Waals surface area contributed by atoms with Crippen LogP contribution in [0.4, 0.5) is 12.9 Å². The van der Waals surface area contributed by atoms with E-state index in [9.17, 15) is 12.9 Å². The zero-order valence-electron chi connectivity index (χ0n) is 7.08. The predicted molar refractivity (Wildman–Crippen MR) is 41.7 cm³/mol. The molecule has 0 bridgehead atoms.